The molecule has 1 heterocycles. The number of hydrogen-bond donors (Lipinski definition) is 1. The highest BCUT2D eigenvalue weighted by atomic mass is 35.5. The number of halogens is 1. The Morgan fingerprint density at radius 1 is 1.71 bits per heavy atom. The second kappa shape index (κ2) is 4.58. The Labute approximate surface area is 87.3 Å². The minimum Gasteiger partial charge on any atom is -0.349 e. The monoisotopic (exact) mass is 208 g/mol. The number of rotatable bonds is 3. The predicted octanol–water partition coefficient (Wildman–Crippen LogP) is 1.82. The molecule has 0 aliphatic carbocycles. The van der Waals surface area contributed by atoms with Crippen molar-refractivity contribution >= 4 is 17.5 Å². The summed E-state index contributed by atoms with van der Waals surface area (Å²) in [7, 11) is 0. The first-order valence-corrected chi connectivity index (χ1v) is 4.32. The molecule has 0 fully saturated rings. The minimum absolute atomic E-state index is 0.334. The topological polar surface area (TPSA) is 61.6 Å². The van der Waals surface area contributed by atoms with E-state index in [1.807, 2.05) is 6.07 Å². The maximum Gasteiger partial charge on any atom is 0.224 e. The second-order valence-corrected chi connectivity index (χ2v) is 3.24. The van der Waals surface area contributed by atoms with Gasteiger partial charge in [0.2, 0.25) is 5.95 Å². The first-order chi connectivity index (χ1) is 6.61. The van der Waals surface area contributed by atoms with Crippen LogP contribution < -0.4 is 5.32 Å². The molecule has 1 aromatic heterocycles. The number of aryl methyl sites for hydroxylation is 1. The van der Waals surface area contributed by atoms with E-state index in [0.717, 1.165) is 5.69 Å². The molecule has 0 aromatic carbocycles. The molecule has 0 aliphatic rings. The fourth-order valence-electron chi connectivity index (χ4n) is 0.880. The van der Waals surface area contributed by atoms with Crippen molar-refractivity contribution in [3.8, 4) is 6.07 Å². The normalized spacial score (nSPS) is 9.21. The molecule has 0 spiro atoms. The largest absolute Gasteiger partial charge is 0.349 e. The summed E-state index contributed by atoms with van der Waals surface area (Å²) in [4.78, 5) is 8.02. The lowest BCUT2D eigenvalue weighted by Crippen LogP contribution is -2.06. The molecule has 0 radical (unpaired) electrons. The van der Waals surface area contributed by atoms with Crippen LogP contribution >= 0.6 is 11.6 Å². The summed E-state index contributed by atoms with van der Waals surface area (Å²) in [6.07, 6.45) is 0. The second-order valence-electron chi connectivity index (χ2n) is 2.70. The van der Waals surface area contributed by atoms with E-state index < -0.39 is 0 Å². The molecule has 1 rings (SSSR count). The van der Waals surface area contributed by atoms with Gasteiger partial charge < -0.3 is 5.32 Å². The van der Waals surface area contributed by atoms with E-state index in [2.05, 4.69) is 21.9 Å². The van der Waals surface area contributed by atoms with Crippen LogP contribution in [0.2, 0.25) is 0 Å². The Balaban J connectivity index is 2.82. The van der Waals surface area contributed by atoms with E-state index in [-0.39, 0.29) is 0 Å². The van der Waals surface area contributed by atoms with Gasteiger partial charge in [0.15, 0.2) is 0 Å². The lowest BCUT2D eigenvalue weighted by Gasteiger charge is -2.03. The molecule has 0 bridgehead atoms. The zero-order chi connectivity index (χ0) is 10.6. The molecule has 1 N–H and O–H groups in total. The van der Waals surface area contributed by atoms with Gasteiger partial charge in [0, 0.05) is 10.7 Å². The SMILES string of the molecule is C=C(Cl)CNc1nc(C)cc(C#N)n1. The summed E-state index contributed by atoms with van der Waals surface area (Å²) >= 11 is 5.56. The van der Waals surface area contributed by atoms with E-state index in [0.29, 0.717) is 23.2 Å². The standard InChI is InChI=1S/C9H9ClN4/c1-6(10)5-12-9-13-7(2)3-8(4-11)14-9/h3H,1,5H2,2H3,(H,12,13,14). The van der Waals surface area contributed by atoms with Crippen molar-refractivity contribution < 1.29 is 0 Å². The Hall–Kier alpha value is -1.60. The van der Waals surface area contributed by atoms with Gasteiger partial charge >= 0.3 is 0 Å². The van der Waals surface area contributed by atoms with E-state index >= 15 is 0 Å². The highest BCUT2D eigenvalue weighted by Crippen LogP contribution is 2.05. The quantitative estimate of drug-likeness (QED) is 0.823. The molecule has 72 valence electrons. The fourth-order valence-corrected chi connectivity index (χ4v) is 0.947. The van der Waals surface area contributed by atoms with Gasteiger partial charge in [-0.25, -0.2) is 9.97 Å². The third-order valence-corrected chi connectivity index (χ3v) is 1.54. The van der Waals surface area contributed by atoms with Gasteiger partial charge in [0.1, 0.15) is 11.8 Å². The molecule has 1 aromatic rings. The Bertz CT molecular complexity index is 394. The predicted molar refractivity (Wildman–Crippen MR) is 55.0 cm³/mol. The molecule has 4 nitrogen and oxygen atoms in total. The average molecular weight is 209 g/mol. The van der Waals surface area contributed by atoms with Crippen LogP contribution in [-0.2, 0) is 0 Å². The van der Waals surface area contributed by atoms with Crippen molar-refractivity contribution in [1.29, 1.82) is 5.26 Å². The summed E-state index contributed by atoms with van der Waals surface area (Å²) in [5, 5.41) is 12.0. The summed E-state index contributed by atoms with van der Waals surface area (Å²) < 4.78 is 0. The van der Waals surface area contributed by atoms with Gasteiger partial charge in [-0.3, -0.25) is 0 Å². The molecule has 0 unspecified atom stereocenters. The summed E-state index contributed by atoms with van der Waals surface area (Å²) in [5.41, 5.74) is 1.07. The third kappa shape index (κ3) is 3.04. The Kier molecular flexibility index (Phi) is 3.43. The molecule has 0 saturated carbocycles. The zero-order valence-corrected chi connectivity index (χ0v) is 8.47. The average Bonchev–Trinajstić information content (AvgIpc) is 2.14. The maximum absolute atomic E-state index is 8.65. The van der Waals surface area contributed by atoms with Crippen molar-refractivity contribution in [2.24, 2.45) is 0 Å². The van der Waals surface area contributed by atoms with Crippen LogP contribution in [0, 0.1) is 18.3 Å². The molecule has 0 aliphatic heterocycles. The Morgan fingerprint density at radius 2 is 2.43 bits per heavy atom. The molecule has 0 saturated heterocycles. The van der Waals surface area contributed by atoms with Crippen LogP contribution in [0.4, 0.5) is 5.95 Å². The maximum atomic E-state index is 8.65. The highest BCUT2D eigenvalue weighted by Gasteiger charge is 2.00. The molecule has 14 heavy (non-hydrogen) atoms. The first kappa shape index (κ1) is 10.5. The van der Waals surface area contributed by atoms with Gasteiger partial charge in [-0.15, -0.1) is 0 Å². The molecule has 0 atom stereocenters. The number of nitrogens with zero attached hydrogens (tertiary/aromatic N) is 3. The van der Waals surface area contributed by atoms with Crippen molar-refractivity contribution in [2.75, 3.05) is 11.9 Å². The van der Waals surface area contributed by atoms with Crippen molar-refractivity contribution in [2.45, 2.75) is 6.92 Å². The van der Waals surface area contributed by atoms with E-state index in [1.54, 1.807) is 13.0 Å². The van der Waals surface area contributed by atoms with Crippen LogP contribution in [0.3, 0.4) is 0 Å². The fraction of sp³-hybridized carbons (Fsp3) is 0.222. The lowest BCUT2D eigenvalue weighted by molar-refractivity contribution is 1.06. The minimum atomic E-state index is 0.334. The highest BCUT2D eigenvalue weighted by molar-refractivity contribution is 6.29. The number of nitrogens with one attached hydrogen (secondary N) is 1. The molecular formula is C9H9ClN4. The van der Waals surface area contributed by atoms with Gasteiger partial charge in [-0.1, -0.05) is 18.2 Å². The van der Waals surface area contributed by atoms with Gasteiger partial charge in [0.25, 0.3) is 0 Å². The van der Waals surface area contributed by atoms with Crippen molar-refractivity contribution in [3.63, 3.8) is 0 Å². The molecule has 5 heteroatoms. The zero-order valence-electron chi connectivity index (χ0n) is 7.71. The van der Waals surface area contributed by atoms with Gasteiger partial charge in [-0.2, -0.15) is 5.26 Å². The number of nitriles is 1. The third-order valence-electron chi connectivity index (χ3n) is 1.41. The van der Waals surface area contributed by atoms with Crippen LogP contribution in [0.15, 0.2) is 17.7 Å². The van der Waals surface area contributed by atoms with Crippen LogP contribution in [-0.4, -0.2) is 16.5 Å². The van der Waals surface area contributed by atoms with Crippen LogP contribution in [0.25, 0.3) is 0 Å². The van der Waals surface area contributed by atoms with Gasteiger partial charge in [-0.05, 0) is 13.0 Å². The summed E-state index contributed by atoms with van der Waals surface area (Å²) in [5.74, 6) is 0.392. The van der Waals surface area contributed by atoms with Crippen LogP contribution in [0.5, 0.6) is 0 Å². The molecule has 0 amide bonds. The molecular weight excluding hydrogens is 200 g/mol. The number of aromatic nitrogens is 2. The van der Waals surface area contributed by atoms with Crippen molar-refractivity contribution in [3.05, 3.63) is 29.1 Å². The summed E-state index contributed by atoms with van der Waals surface area (Å²) in [6.45, 7) is 5.70. The first-order valence-electron chi connectivity index (χ1n) is 3.95. The van der Waals surface area contributed by atoms with E-state index in [4.69, 9.17) is 16.9 Å². The summed E-state index contributed by atoms with van der Waals surface area (Å²) in [6, 6.07) is 3.56. The van der Waals surface area contributed by atoms with E-state index in [9.17, 15) is 0 Å². The van der Waals surface area contributed by atoms with Crippen LogP contribution in [0.1, 0.15) is 11.4 Å². The smallest absolute Gasteiger partial charge is 0.224 e. The Morgan fingerprint density at radius 3 is 3.00 bits per heavy atom. The van der Waals surface area contributed by atoms with Gasteiger partial charge in [0.05, 0.1) is 6.54 Å². The van der Waals surface area contributed by atoms with Crippen molar-refractivity contribution in [1.82, 2.24) is 9.97 Å². The van der Waals surface area contributed by atoms with E-state index in [1.165, 1.54) is 0 Å². The number of anilines is 1. The lowest BCUT2D eigenvalue weighted by atomic mass is 10.3. The number of hydrogen-bond acceptors (Lipinski definition) is 4.